The summed E-state index contributed by atoms with van der Waals surface area (Å²) >= 11 is 0. The molecule has 0 atom stereocenters. The summed E-state index contributed by atoms with van der Waals surface area (Å²) in [4.78, 5) is 20.6. The number of carbonyl (C=O) groups excluding carboxylic acids is 1. The molecule has 7 nitrogen and oxygen atoms in total. The molecule has 134 valence electrons. The van der Waals surface area contributed by atoms with Gasteiger partial charge in [0.15, 0.2) is 0 Å². The number of piperazine rings is 1. The van der Waals surface area contributed by atoms with E-state index in [0.29, 0.717) is 18.8 Å². The number of nitrogens with zero attached hydrogens (tertiary/aromatic N) is 4. The molecule has 1 aliphatic heterocycles. The van der Waals surface area contributed by atoms with Crippen LogP contribution in [0.25, 0.3) is 0 Å². The maximum Gasteiger partial charge on any atom is 0.223 e. The van der Waals surface area contributed by atoms with Crippen LogP contribution >= 0.6 is 0 Å². The lowest BCUT2D eigenvalue weighted by atomic mass is 10.2. The van der Waals surface area contributed by atoms with Crippen LogP contribution in [0, 0.1) is 0 Å². The van der Waals surface area contributed by atoms with Crippen molar-refractivity contribution >= 4 is 15.9 Å². The molecule has 1 fully saturated rings. The second kappa shape index (κ2) is 8.55. The fourth-order valence-electron chi connectivity index (χ4n) is 2.73. The predicted molar refractivity (Wildman–Crippen MR) is 92.8 cm³/mol. The van der Waals surface area contributed by atoms with Crippen molar-refractivity contribution in [2.45, 2.75) is 19.9 Å². The van der Waals surface area contributed by atoms with Crippen LogP contribution in [-0.4, -0.2) is 78.9 Å². The van der Waals surface area contributed by atoms with Gasteiger partial charge in [0.2, 0.25) is 15.9 Å². The van der Waals surface area contributed by atoms with Crippen LogP contribution in [0.4, 0.5) is 0 Å². The molecule has 24 heavy (non-hydrogen) atoms. The van der Waals surface area contributed by atoms with E-state index in [2.05, 4.69) is 16.8 Å². The van der Waals surface area contributed by atoms with E-state index >= 15 is 0 Å². The van der Waals surface area contributed by atoms with Gasteiger partial charge in [-0.1, -0.05) is 13.0 Å². The Balaban J connectivity index is 1.90. The van der Waals surface area contributed by atoms with E-state index in [9.17, 15) is 13.2 Å². The monoisotopic (exact) mass is 354 g/mol. The fourth-order valence-corrected chi connectivity index (χ4v) is 3.52. The van der Waals surface area contributed by atoms with Gasteiger partial charge in [0.25, 0.3) is 0 Å². The molecule has 0 spiro atoms. The van der Waals surface area contributed by atoms with Crippen molar-refractivity contribution in [2.75, 3.05) is 45.5 Å². The second-order valence-corrected chi connectivity index (χ2v) is 7.97. The Morgan fingerprint density at radius 3 is 2.50 bits per heavy atom. The molecular weight excluding hydrogens is 328 g/mol. The molecule has 1 aliphatic rings. The molecular formula is C16H26N4O3S. The highest BCUT2D eigenvalue weighted by molar-refractivity contribution is 7.88. The number of hydrogen-bond donors (Lipinski definition) is 0. The highest BCUT2D eigenvalue weighted by Gasteiger charge is 2.23. The molecule has 0 radical (unpaired) electrons. The summed E-state index contributed by atoms with van der Waals surface area (Å²) in [5, 5.41) is 0. The summed E-state index contributed by atoms with van der Waals surface area (Å²) in [6.07, 6.45) is 3.00. The van der Waals surface area contributed by atoms with Crippen molar-refractivity contribution in [1.82, 2.24) is 19.1 Å². The zero-order valence-corrected chi connectivity index (χ0v) is 15.2. The van der Waals surface area contributed by atoms with Crippen LogP contribution in [0.1, 0.15) is 19.0 Å². The molecule has 2 rings (SSSR count). The molecule has 1 saturated heterocycles. The first-order chi connectivity index (χ1) is 11.4. The lowest BCUT2D eigenvalue weighted by Gasteiger charge is -2.34. The van der Waals surface area contributed by atoms with Crippen LogP contribution in [0.15, 0.2) is 24.4 Å². The van der Waals surface area contributed by atoms with Crippen molar-refractivity contribution in [3.8, 4) is 0 Å². The molecule has 0 saturated carbocycles. The van der Waals surface area contributed by atoms with Gasteiger partial charge in [0.05, 0.1) is 18.5 Å². The Hall–Kier alpha value is -1.51. The van der Waals surface area contributed by atoms with Crippen LogP contribution < -0.4 is 0 Å². The Morgan fingerprint density at radius 1 is 1.25 bits per heavy atom. The van der Waals surface area contributed by atoms with Crippen molar-refractivity contribution < 1.29 is 13.2 Å². The van der Waals surface area contributed by atoms with Crippen LogP contribution in [0.5, 0.6) is 0 Å². The molecule has 1 aromatic rings. The maximum atomic E-state index is 12.3. The maximum absolute atomic E-state index is 12.3. The lowest BCUT2D eigenvalue weighted by Crippen LogP contribution is -2.49. The highest BCUT2D eigenvalue weighted by Crippen LogP contribution is 2.09. The van der Waals surface area contributed by atoms with E-state index in [1.807, 2.05) is 11.0 Å². The van der Waals surface area contributed by atoms with Crippen molar-refractivity contribution in [3.05, 3.63) is 30.1 Å². The zero-order valence-electron chi connectivity index (χ0n) is 14.4. The van der Waals surface area contributed by atoms with Crippen LogP contribution in [0.3, 0.4) is 0 Å². The largest absolute Gasteiger partial charge is 0.340 e. The summed E-state index contributed by atoms with van der Waals surface area (Å²) < 4.78 is 25.3. The third-order valence-corrected chi connectivity index (χ3v) is 5.53. The quantitative estimate of drug-likeness (QED) is 0.708. The minimum absolute atomic E-state index is 0.0143. The minimum Gasteiger partial charge on any atom is -0.340 e. The van der Waals surface area contributed by atoms with Gasteiger partial charge in [-0.3, -0.25) is 9.78 Å². The molecule has 0 unspecified atom stereocenters. The highest BCUT2D eigenvalue weighted by atomic mass is 32.2. The molecule has 1 aromatic heterocycles. The van der Waals surface area contributed by atoms with E-state index in [-0.39, 0.29) is 25.4 Å². The normalized spacial score (nSPS) is 16.5. The molecule has 1 amide bonds. The first kappa shape index (κ1) is 18.8. The molecule has 0 bridgehead atoms. The van der Waals surface area contributed by atoms with Gasteiger partial charge in [-0.05, 0) is 18.7 Å². The number of carbonyl (C=O) groups is 1. The number of aromatic nitrogens is 1. The van der Waals surface area contributed by atoms with Gasteiger partial charge < -0.3 is 9.80 Å². The fraction of sp³-hybridized carbons (Fsp3) is 0.625. The topological polar surface area (TPSA) is 73.8 Å². The number of sulfonamides is 1. The lowest BCUT2D eigenvalue weighted by molar-refractivity contribution is -0.133. The second-order valence-electron chi connectivity index (χ2n) is 5.98. The van der Waals surface area contributed by atoms with Crippen molar-refractivity contribution in [3.63, 3.8) is 0 Å². The predicted octanol–water partition coefficient (Wildman–Crippen LogP) is 0.397. The first-order valence-electron chi connectivity index (χ1n) is 8.25. The molecule has 0 N–H and O–H groups in total. The molecule has 2 heterocycles. The van der Waals surface area contributed by atoms with Crippen LogP contribution in [-0.2, 0) is 21.4 Å². The average molecular weight is 354 g/mol. The van der Waals surface area contributed by atoms with Gasteiger partial charge in [-0.2, -0.15) is 4.31 Å². The third kappa shape index (κ3) is 5.54. The summed E-state index contributed by atoms with van der Waals surface area (Å²) in [5.74, 6) is 0.0143. The Bertz CT molecular complexity index is 628. The van der Waals surface area contributed by atoms with Gasteiger partial charge in [0.1, 0.15) is 0 Å². The average Bonchev–Trinajstić information content (AvgIpc) is 2.58. The molecule has 0 aromatic carbocycles. The SMILES string of the molecule is CCN1CCN(C(=O)CCN(Cc2ccccn2)S(C)(=O)=O)CC1. The first-order valence-corrected chi connectivity index (χ1v) is 10.1. The van der Waals surface area contributed by atoms with Gasteiger partial charge in [0, 0.05) is 45.3 Å². The molecule has 8 heteroatoms. The summed E-state index contributed by atoms with van der Waals surface area (Å²) in [5.41, 5.74) is 0.673. The number of pyridine rings is 1. The Morgan fingerprint density at radius 2 is 1.96 bits per heavy atom. The van der Waals surface area contributed by atoms with Gasteiger partial charge >= 0.3 is 0 Å². The summed E-state index contributed by atoms with van der Waals surface area (Å²) in [6, 6.07) is 5.39. The Kier molecular flexibility index (Phi) is 6.70. The minimum atomic E-state index is -3.39. The number of rotatable bonds is 7. The number of amides is 1. The standard InChI is InChI=1S/C16H26N4O3S/c1-3-18-10-12-19(13-11-18)16(21)7-9-20(24(2,22)23)14-15-6-4-5-8-17-15/h4-6,8H,3,7,9-14H2,1-2H3. The zero-order chi connectivity index (χ0) is 17.6. The van der Waals surface area contributed by atoms with E-state index in [0.717, 1.165) is 19.6 Å². The number of likely N-dealkylation sites (N-methyl/N-ethyl adjacent to an activating group) is 1. The van der Waals surface area contributed by atoms with E-state index in [1.54, 1.807) is 18.3 Å². The van der Waals surface area contributed by atoms with E-state index in [4.69, 9.17) is 0 Å². The van der Waals surface area contributed by atoms with E-state index < -0.39 is 10.0 Å². The summed E-state index contributed by atoms with van der Waals surface area (Å²) in [6.45, 7) is 6.67. The summed E-state index contributed by atoms with van der Waals surface area (Å²) in [7, 11) is -3.39. The van der Waals surface area contributed by atoms with Crippen LogP contribution in [0.2, 0.25) is 0 Å². The van der Waals surface area contributed by atoms with E-state index in [1.165, 1.54) is 10.6 Å². The Labute approximate surface area is 144 Å². The van der Waals surface area contributed by atoms with Gasteiger partial charge in [-0.25, -0.2) is 8.42 Å². The number of hydrogen-bond acceptors (Lipinski definition) is 5. The van der Waals surface area contributed by atoms with Gasteiger partial charge in [-0.15, -0.1) is 0 Å². The van der Waals surface area contributed by atoms with Crippen molar-refractivity contribution in [1.29, 1.82) is 0 Å². The smallest absolute Gasteiger partial charge is 0.223 e. The third-order valence-electron chi connectivity index (χ3n) is 4.28. The van der Waals surface area contributed by atoms with Crippen molar-refractivity contribution in [2.24, 2.45) is 0 Å². The molecule has 0 aliphatic carbocycles.